The number of aryl methyl sites for hydroxylation is 2. The molecule has 3 N–H and O–H groups in total. The Hall–Kier alpha value is -2.36. The van der Waals surface area contributed by atoms with Crippen LogP contribution in [0.2, 0.25) is 0 Å². The molecule has 0 saturated heterocycles. The lowest BCUT2D eigenvalue weighted by Crippen LogP contribution is -2.23. The summed E-state index contributed by atoms with van der Waals surface area (Å²) in [6.07, 6.45) is 2.94. The molecule has 104 valence electrons. The van der Waals surface area contributed by atoms with Crippen molar-refractivity contribution < 1.29 is 4.79 Å². The third-order valence-corrected chi connectivity index (χ3v) is 3.05. The van der Waals surface area contributed by atoms with Gasteiger partial charge in [-0.3, -0.25) is 9.78 Å². The third kappa shape index (κ3) is 4.39. The average Bonchev–Trinajstić information content (AvgIpc) is 2.45. The highest BCUT2D eigenvalue weighted by Gasteiger charge is 2.03. The number of carbonyl (C=O) groups excluding carboxylic acids is 1. The fourth-order valence-electron chi connectivity index (χ4n) is 1.90. The summed E-state index contributed by atoms with van der Waals surface area (Å²) in [5.41, 5.74) is 9.50. The highest BCUT2D eigenvalue weighted by Crippen LogP contribution is 2.08. The average molecular weight is 269 g/mol. The maximum Gasteiger partial charge on any atom is 0.220 e. The molecular formula is C16H19N3O. The van der Waals surface area contributed by atoms with Crippen molar-refractivity contribution in [1.82, 2.24) is 10.3 Å². The maximum absolute atomic E-state index is 11.8. The van der Waals surface area contributed by atoms with E-state index >= 15 is 0 Å². The van der Waals surface area contributed by atoms with Crippen LogP contribution in [-0.4, -0.2) is 10.9 Å². The van der Waals surface area contributed by atoms with Crippen LogP contribution in [0.3, 0.4) is 0 Å². The molecule has 0 aliphatic carbocycles. The molecule has 0 aliphatic rings. The van der Waals surface area contributed by atoms with E-state index in [1.807, 2.05) is 43.3 Å². The van der Waals surface area contributed by atoms with E-state index in [4.69, 9.17) is 5.73 Å². The molecule has 0 spiro atoms. The first-order valence-corrected chi connectivity index (χ1v) is 6.66. The molecule has 1 heterocycles. The summed E-state index contributed by atoms with van der Waals surface area (Å²) in [6, 6.07) is 11.5. The number of amides is 1. The van der Waals surface area contributed by atoms with Gasteiger partial charge in [-0.2, -0.15) is 0 Å². The molecule has 0 radical (unpaired) electrons. The monoisotopic (exact) mass is 269 g/mol. The molecule has 0 aliphatic heterocycles. The lowest BCUT2D eigenvalue weighted by molar-refractivity contribution is -0.121. The molecule has 4 heteroatoms. The first-order chi connectivity index (χ1) is 9.63. The minimum absolute atomic E-state index is 0.0352. The number of nitrogens with zero attached hydrogens (tertiary/aromatic N) is 1. The van der Waals surface area contributed by atoms with Crippen LogP contribution in [0.1, 0.15) is 23.2 Å². The van der Waals surface area contributed by atoms with Gasteiger partial charge in [-0.15, -0.1) is 0 Å². The van der Waals surface area contributed by atoms with E-state index in [-0.39, 0.29) is 5.91 Å². The zero-order valence-electron chi connectivity index (χ0n) is 11.6. The van der Waals surface area contributed by atoms with Crippen LogP contribution in [0.4, 0.5) is 5.69 Å². The number of hydrogen-bond acceptors (Lipinski definition) is 3. The van der Waals surface area contributed by atoms with Gasteiger partial charge in [0.25, 0.3) is 0 Å². The summed E-state index contributed by atoms with van der Waals surface area (Å²) in [5, 5.41) is 2.89. The van der Waals surface area contributed by atoms with Crippen molar-refractivity contribution in [2.24, 2.45) is 0 Å². The van der Waals surface area contributed by atoms with Gasteiger partial charge in [0.15, 0.2) is 0 Å². The van der Waals surface area contributed by atoms with Gasteiger partial charge < -0.3 is 11.1 Å². The van der Waals surface area contributed by atoms with Gasteiger partial charge in [0.1, 0.15) is 0 Å². The van der Waals surface area contributed by atoms with Gasteiger partial charge in [0.05, 0.1) is 0 Å². The van der Waals surface area contributed by atoms with Gasteiger partial charge in [0.2, 0.25) is 5.91 Å². The number of nitrogen functional groups attached to an aromatic ring is 1. The summed E-state index contributed by atoms with van der Waals surface area (Å²) in [6.45, 7) is 2.46. The number of benzene rings is 1. The normalized spacial score (nSPS) is 10.2. The van der Waals surface area contributed by atoms with E-state index in [0.717, 1.165) is 22.5 Å². The fourth-order valence-corrected chi connectivity index (χ4v) is 1.90. The number of pyridine rings is 1. The van der Waals surface area contributed by atoms with E-state index < -0.39 is 0 Å². The molecule has 4 nitrogen and oxygen atoms in total. The van der Waals surface area contributed by atoms with Gasteiger partial charge in [-0.1, -0.05) is 18.2 Å². The Morgan fingerprint density at radius 3 is 2.80 bits per heavy atom. The fraction of sp³-hybridized carbons (Fsp3) is 0.250. The molecule has 0 saturated carbocycles. The van der Waals surface area contributed by atoms with Gasteiger partial charge in [-0.25, -0.2) is 0 Å². The maximum atomic E-state index is 11.8. The smallest absolute Gasteiger partial charge is 0.220 e. The summed E-state index contributed by atoms with van der Waals surface area (Å²) in [5.74, 6) is 0.0352. The Bertz CT molecular complexity index is 579. The number of rotatable bonds is 5. The van der Waals surface area contributed by atoms with Crippen LogP contribution >= 0.6 is 0 Å². The number of aromatic nitrogens is 1. The minimum Gasteiger partial charge on any atom is -0.399 e. The van der Waals surface area contributed by atoms with Crippen LogP contribution < -0.4 is 11.1 Å². The zero-order valence-corrected chi connectivity index (χ0v) is 11.6. The minimum atomic E-state index is 0.0352. The Balaban J connectivity index is 1.77. The molecular weight excluding hydrogens is 250 g/mol. The highest BCUT2D eigenvalue weighted by molar-refractivity contribution is 5.76. The number of carbonyl (C=O) groups is 1. The second-order valence-corrected chi connectivity index (χ2v) is 4.83. The molecule has 0 atom stereocenters. The highest BCUT2D eigenvalue weighted by atomic mass is 16.1. The first kappa shape index (κ1) is 14.1. The first-order valence-electron chi connectivity index (χ1n) is 6.66. The zero-order chi connectivity index (χ0) is 14.4. The van der Waals surface area contributed by atoms with Crippen LogP contribution in [-0.2, 0) is 17.8 Å². The summed E-state index contributed by atoms with van der Waals surface area (Å²) in [7, 11) is 0. The second-order valence-electron chi connectivity index (χ2n) is 4.83. The Kier molecular flexibility index (Phi) is 4.71. The molecule has 0 unspecified atom stereocenters. The Labute approximate surface area is 119 Å². The van der Waals surface area contributed by atoms with E-state index in [1.165, 1.54) is 0 Å². The molecule has 2 aromatic rings. The van der Waals surface area contributed by atoms with E-state index in [1.54, 1.807) is 6.20 Å². The Morgan fingerprint density at radius 2 is 2.10 bits per heavy atom. The number of hydrogen-bond donors (Lipinski definition) is 2. The molecule has 0 fully saturated rings. The molecule has 1 aromatic heterocycles. The van der Waals surface area contributed by atoms with Crippen LogP contribution in [0, 0.1) is 6.92 Å². The van der Waals surface area contributed by atoms with Crippen molar-refractivity contribution >= 4 is 11.6 Å². The van der Waals surface area contributed by atoms with E-state index in [9.17, 15) is 4.79 Å². The van der Waals surface area contributed by atoms with Crippen molar-refractivity contribution in [3.63, 3.8) is 0 Å². The predicted molar refractivity (Wildman–Crippen MR) is 80.0 cm³/mol. The quantitative estimate of drug-likeness (QED) is 0.818. The van der Waals surface area contributed by atoms with E-state index in [0.29, 0.717) is 19.4 Å². The molecule has 1 aromatic carbocycles. The second kappa shape index (κ2) is 6.70. The van der Waals surface area contributed by atoms with E-state index in [2.05, 4.69) is 10.3 Å². The molecule has 1 amide bonds. The molecule has 2 rings (SSSR count). The van der Waals surface area contributed by atoms with Gasteiger partial charge >= 0.3 is 0 Å². The summed E-state index contributed by atoms with van der Waals surface area (Å²) >= 11 is 0. The van der Waals surface area contributed by atoms with Gasteiger partial charge in [0, 0.05) is 30.5 Å². The molecule has 0 bridgehead atoms. The standard InChI is InChI=1S/C16H19N3O/c1-12-5-6-14(10-18-12)11-19-16(20)8-7-13-3-2-4-15(17)9-13/h2-6,9-10H,7-8,11,17H2,1H3,(H,19,20). The van der Waals surface area contributed by atoms with Crippen molar-refractivity contribution in [3.8, 4) is 0 Å². The van der Waals surface area contributed by atoms with Crippen molar-refractivity contribution in [2.45, 2.75) is 26.3 Å². The predicted octanol–water partition coefficient (Wildman–Crippen LogP) is 2.22. The van der Waals surface area contributed by atoms with Gasteiger partial charge in [-0.05, 0) is 42.7 Å². The van der Waals surface area contributed by atoms with Crippen molar-refractivity contribution in [2.75, 3.05) is 5.73 Å². The van der Waals surface area contributed by atoms with Crippen LogP contribution in [0.15, 0.2) is 42.6 Å². The molecule has 20 heavy (non-hydrogen) atoms. The SMILES string of the molecule is Cc1ccc(CNC(=O)CCc2cccc(N)c2)cn1. The van der Waals surface area contributed by atoms with Crippen LogP contribution in [0.5, 0.6) is 0 Å². The lowest BCUT2D eigenvalue weighted by Gasteiger charge is -2.06. The topological polar surface area (TPSA) is 68.0 Å². The van der Waals surface area contributed by atoms with Crippen molar-refractivity contribution in [3.05, 3.63) is 59.4 Å². The largest absolute Gasteiger partial charge is 0.399 e. The Morgan fingerprint density at radius 1 is 1.25 bits per heavy atom. The van der Waals surface area contributed by atoms with Crippen LogP contribution in [0.25, 0.3) is 0 Å². The number of nitrogens with one attached hydrogen (secondary N) is 1. The summed E-state index contributed by atoms with van der Waals surface area (Å²) < 4.78 is 0. The summed E-state index contributed by atoms with van der Waals surface area (Å²) in [4.78, 5) is 16.0. The lowest BCUT2D eigenvalue weighted by atomic mass is 10.1. The van der Waals surface area contributed by atoms with Crippen molar-refractivity contribution in [1.29, 1.82) is 0 Å². The number of nitrogens with two attached hydrogens (primary N) is 1. The third-order valence-electron chi connectivity index (χ3n) is 3.05. The number of anilines is 1.